The van der Waals surface area contributed by atoms with Crippen molar-refractivity contribution in [1.82, 2.24) is 0 Å². The molecule has 0 fully saturated rings. The molecule has 3 heteroatoms. The Hall–Kier alpha value is 0.210. The van der Waals surface area contributed by atoms with Crippen LogP contribution in [0.25, 0.3) is 0 Å². The van der Waals surface area contributed by atoms with Crippen molar-refractivity contribution in [3.8, 4) is 0 Å². The van der Waals surface area contributed by atoms with E-state index in [1.807, 2.05) is 13.8 Å². The molecule has 0 bridgehead atoms. The molecule has 0 saturated carbocycles. The van der Waals surface area contributed by atoms with Crippen LogP contribution in [0.15, 0.2) is 0 Å². The summed E-state index contributed by atoms with van der Waals surface area (Å²) in [7, 11) is 0. The lowest BCUT2D eigenvalue weighted by Crippen LogP contribution is -2.15. The summed E-state index contributed by atoms with van der Waals surface area (Å²) in [4.78, 5) is 0. The number of hydrogen-bond donors (Lipinski definition) is 1. The van der Waals surface area contributed by atoms with Gasteiger partial charge < -0.3 is 9.84 Å². The van der Waals surface area contributed by atoms with E-state index >= 15 is 0 Å². The second kappa shape index (κ2) is 5.96. The molecule has 0 amide bonds. The fraction of sp³-hybridized carbons (Fsp3) is 1.00. The minimum atomic E-state index is -0.681. The number of aliphatic hydroxyl groups excluding tert-OH is 1. The number of alkyl halides is 1. The second-order valence-corrected chi connectivity index (χ2v) is 3.04. The van der Waals surface area contributed by atoms with Gasteiger partial charge in [0, 0.05) is 12.3 Å². The van der Waals surface area contributed by atoms with Gasteiger partial charge in [-0.25, -0.2) is 0 Å². The van der Waals surface area contributed by atoms with Crippen LogP contribution in [0.2, 0.25) is 0 Å². The maximum atomic E-state index is 8.99. The van der Waals surface area contributed by atoms with E-state index in [1.54, 1.807) is 0 Å². The molecule has 0 aromatic rings. The van der Waals surface area contributed by atoms with Gasteiger partial charge in [0.2, 0.25) is 0 Å². The molecule has 0 aliphatic rings. The standard InChI is InChI=1S/C7H15ClO2/c1-6(2)5-10-7(9)3-4-8/h6-7,9H,3-5H2,1-2H3. The highest BCUT2D eigenvalue weighted by Crippen LogP contribution is 2.00. The van der Waals surface area contributed by atoms with Crippen LogP contribution in [0.4, 0.5) is 0 Å². The Balaban J connectivity index is 3.12. The highest BCUT2D eigenvalue weighted by Gasteiger charge is 2.03. The molecule has 0 spiro atoms. The fourth-order valence-electron chi connectivity index (χ4n) is 0.480. The smallest absolute Gasteiger partial charge is 0.155 e. The Morgan fingerprint density at radius 1 is 1.50 bits per heavy atom. The predicted molar refractivity (Wildman–Crippen MR) is 42.1 cm³/mol. The molecule has 1 atom stereocenters. The van der Waals surface area contributed by atoms with E-state index in [1.165, 1.54) is 0 Å². The lowest BCUT2D eigenvalue weighted by molar-refractivity contribution is -0.107. The van der Waals surface area contributed by atoms with Crippen molar-refractivity contribution in [2.75, 3.05) is 12.5 Å². The molecule has 1 N–H and O–H groups in total. The molecular weight excluding hydrogens is 152 g/mol. The van der Waals surface area contributed by atoms with E-state index < -0.39 is 6.29 Å². The lowest BCUT2D eigenvalue weighted by atomic mass is 10.2. The topological polar surface area (TPSA) is 29.5 Å². The van der Waals surface area contributed by atoms with E-state index in [0.717, 1.165) is 0 Å². The maximum absolute atomic E-state index is 8.99. The maximum Gasteiger partial charge on any atom is 0.155 e. The molecule has 0 saturated heterocycles. The third kappa shape index (κ3) is 6.33. The number of ether oxygens (including phenoxy) is 1. The summed E-state index contributed by atoms with van der Waals surface area (Å²) >= 11 is 5.37. The average molecular weight is 167 g/mol. The van der Waals surface area contributed by atoms with Crippen LogP contribution < -0.4 is 0 Å². The Kier molecular flexibility index (Phi) is 6.08. The van der Waals surface area contributed by atoms with E-state index in [9.17, 15) is 0 Å². The Bertz CT molecular complexity index is 76.0. The van der Waals surface area contributed by atoms with E-state index in [0.29, 0.717) is 24.8 Å². The highest BCUT2D eigenvalue weighted by molar-refractivity contribution is 6.17. The summed E-state index contributed by atoms with van der Waals surface area (Å²) in [5.74, 6) is 0.907. The van der Waals surface area contributed by atoms with Crippen molar-refractivity contribution in [1.29, 1.82) is 0 Å². The second-order valence-electron chi connectivity index (χ2n) is 2.66. The van der Waals surface area contributed by atoms with Crippen LogP contribution in [-0.2, 0) is 4.74 Å². The third-order valence-electron chi connectivity index (χ3n) is 0.978. The zero-order valence-corrected chi connectivity index (χ0v) is 7.27. The van der Waals surface area contributed by atoms with E-state index in [-0.39, 0.29) is 0 Å². The first-order valence-electron chi connectivity index (χ1n) is 3.52. The molecule has 0 aromatic carbocycles. The van der Waals surface area contributed by atoms with Crippen LogP contribution in [0.5, 0.6) is 0 Å². The molecule has 1 unspecified atom stereocenters. The van der Waals surface area contributed by atoms with Crippen molar-refractivity contribution >= 4 is 11.6 Å². The van der Waals surface area contributed by atoms with Crippen LogP contribution >= 0.6 is 11.6 Å². The van der Waals surface area contributed by atoms with Crippen LogP contribution in [-0.4, -0.2) is 23.9 Å². The SMILES string of the molecule is CC(C)COC(O)CCCl. The lowest BCUT2D eigenvalue weighted by Gasteiger charge is -2.11. The third-order valence-corrected chi connectivity index (χ3v) is 1.20. The minimum absolute atomic E-state index is 0.444. The first-order valence-corrected chi connectivity index (χ1v) is 4.06. The van der Waals surface area contributed by atoms with E-state index in [2.05, 4.69) is 0 Å². The Morgan fingerprint density at radius 2 is 2.10 bits per heavy atom. The molecule has 0 radical (unpaired) electrons. The molecule has 0 heterocycles. The van der Waals surface area contributed by atoms with Gasteiger partial charge in [0.05, 0.1) is 6.61 Å². The summed E-state index contributed by atoms with van der Waals surface area (Å²) in [6, 6.07) is 0. The predicted octanol–water partition coefficient (Wildman–Crippen LogP) is 1.61. The normalized spacial score (nSPS) is 14.1. The highest BCUT2D eigenvalue weighted by atomic mass is 35.5. The van der Waals surface area contributed by atoms with Gasteiger partial charge in [-0.05, 0) is 5.92 Å². The van der Waals surface area contributed by atoms with Gasteiger partial charge in [-0.2, -0.15) is 0 Å². The van der Waals surface area contributed by atoms with Crippen molar-refractivity contribution in [3.63, 3.8) is 0 Å². The van der Waals surface area contributed by atoms with Crippen molar-refractivity contribution in [2.24, 2.45) is 5.92 Å². The zero-order valence-electron chi connectivity index (χ0n) is 6.51. The fourth-order valence-corrected chi connectivity index (χ4v) is 0.667. The Morgan fingerprint density at radius 3 is 2.50 bits per heavy atom. The van der Waals surface area contributed by atoms with Crippen molar-refractivity contribution in [3.05, 3.63) is 0 Å². The summed E-state index contributed by atoms with van der Waals surface area (Å²) in [5, 5.41) is 8.99. The molecule has 2 nitrogen and oxygen atoms in total. The Labute approximate surface area is 67.1 Å². The quantitative estimate of drug-likeness (QED) is 0.497. The van der Waals surface area contributed by atoms with Gasteiger partial charge in [-0.3, -0.25) is 0 Å². The molecule has 0 rings (SSSR count). The molecule has 62 valence electrons. The van der Waals surface area contributed by atoms with Crippen LogP contribution in [0.3, 0.4) is 0 Å². The molecule has 0 aliphatic heterocycles. The van der Waals surface area contributed by atoms with Gasteiger partial charge in [0.15, 0.2) is 6.29 Å². The first kappa shape index (κ1) is 10.2. The van der Waals surface area contributed by atoms with Gasteiger partial charge in [0.1, 0.15) is 0 Å². The first-order chi connectivity index (χ1) is 4.66. The summed E-state index contributed by atoms with van der Waals surface area (Å²) in [6.07, 6.45) is -0.172. The summed E-state index contributed by atoms with van der Waals surface area (Å²) in [6.45, 7) is 4.67. The van der Waals surface area contributed by atoms with E-state index in [4.69, 9.17) is 21.4 Å². The molecule has 10 heavy (non-hydrogen) atoms. The van der Waals surface area contributed by atoms with Gasteiger partial charge in [-0.15, -0.1) is 11.6 Å². The minimum Gasteiger partial charge on any atom is -0.368 e. The number of aliphatic hydroxyl groups is 1. The molecular formula is C7H15ClO2. The van der Waals surface area contributed by atoms with Crippen LogP contribution in [0.1, 0.15) is 20.3 Å². The van der Waals surface area contributed by atoms with Gasteiger partial charge >= 0.3 is 0 Å². The summed E-state index contributed by atoms with van der Waals surface area (Å²) < 4.78 is 5.01. The monoisotopic (exact) mass is 166 g/mol. The number of halogens is 1. The van der Waals surface area contributed by atoms with Crippen molar-refractivity contribution in [2.45, 2.75) is 26.6 Å². The average Bonchev–Trinajstić information content (AvgIpc) is 1.85. The molecule has 0 aliphatic carbocycles. The largest absolute Gasteiger partial charge is 0.368 e. The zero-order chi connectivity index (χ0) is 7.98. The van der Waals surface area contributed by atoms with Gasteiger partial charge in [0.25, 0.3) is 0 Å². The molecule has 0 aromatic heterocycles. The number of rotatable bonds is 5. The summed E-state index contributed by atoms with van der Waals surface area (Å²) in [5.41, 5.74) is 0. The number of hydrogen-bond acceptors (Lipinski definition) is 2. The van der Waals surface area contributed by atoms with Crippen LogP contribution in [0, 0.1) is 5.92 Å². The van der Waals surface area contributed by atoms with Crippen molar-refractivity contribution < 1.29 is 9.84 Å². The van der Waals surface area contributed by atoms with Gasteiger partial charge in [-0.1, -0.05) is 13.8 Å².